The Balaban J connectivity index is 1.34. The number of benzene rings is 3. The Labute approximate surface area is 229 Å². The average Bonchev–Trinajstić information content (AvgIpc) is 2.91. The normalized spacial score (nSPS) is 13.0. The molecule has 1 aliphatic heterocycles. The zero-order valence-corrected chi connectivity index (χ0v) is 21.9. The third-order valence-corrected chi connectivity index (χ3v) is 6.87. The molecule has 0 saturated heterocycles. The van der Waals surface area contributed by atoms with Crippen LogP contribution in [0, 0.1) is 6.92 Å². The summed E-state index contributed by atoms with van der Waals surface area (Å²) in [6.07, 6.45) is -2.77. The number of anilines is 2. The molecule has 0 aliphatic carbocycles. The molecule has 200 valence electrons. The molecule has 39 heavy (non-hydrogen) atoms. The zero-order chi connectivity index (χ0) is 27.6. The van der Waals surface area contributed by atoms with Crippen LogP contribution in [0.2, 0.25) is 5.02 Å². The third kappa shape index (κ3) is 6.17. The lowest BCUT2D eigenvalue weighted by Crippen LogP contribution is -2.34. The van der Waals surface area contributed by atoms with Gasteiger partial charge in [0.05, 0.1) is 11.3 Å². The minimum Gasteiger partial charge on any atom is -0.367 e. The number of aryl methyl sites for hydroxylation is 1. The van der Waals surface area contributed by atoms with E-state index in [0.717, 1.165) is 28.3 Å². The van der Waals surface area contributed by atoms with Gasteiger partial charge in [-0.2, -0.15) is 13.2 Å². The lowest BCUT2D eigenvalue weighted by atomic mass is 10.0. The van der Waals surface area contributed by atoms with Crippen molar-refractivity contribution in [2.45, 2.75) is 26.2 Å². The van der Waals surface area contributed by atoms with Gasteiger partial charge in [0.2, 0.25) is 0 Å². The summed E-state index contributed by atoms with van der Waals surface area (Å²) in [6.45, 7) is 3.53. The Morgan fingerprint density at radius 1 is 1.05 bits per heavy atom. The number of halogens is 4. The van der Waals surface area contributed by atoms with Crippen molar-refractivity contribution in [3.8, 4) is 11.1 Å². The van der Waals surface area contributed by atoms with Gasteiger partial charge in [0.1, 0.15) is 5.82 Å². The summed E-state index contributed by atoms with van der Waals surface area (Å²) in [5, 5.41) is 6.40. The van der Waals surface area contributed by atoms with Gasteiger partial charge in [-0.1, -0.05) is 53.6 Å². The summed E-state index contributed by atoms with van der Waals surface area (Å²) in [5.74, 6) is 0.428. The van der Waals surface area contributed by atoms with Gasteiger partial charge in [-0.15, -0.1) is 0 Å². The number of rotatable bonds is 6. The van der Waals surface area contributed by atoms with Crippen molar-refractivity contribution >= 4 is 29.0 Å². The van der Waals surface area contributed by atoms with Crippen LogP contribution >= 0.6 is 11.6 Å². The van der Waals surface area contributed by atoms with E-state index in [1.165, 1.54) is 12.1 Å². The smallest absolute Gasteiger partial charge is 0.367 e. The summed E-state index contributed by atoms with van der Waals surface area (Å²) in [4.78, 5) is 19.0. The van der Waals surface area contributed by atoms with Crippen molar-refractivity contribution in [1.82, 2.24) is 10.3 Å². The van der Waals surface area contributed by atoms with E-state index in [1.54, 1.807) is 18.3 Å². The van der Waals surface area contributed by atoms with E-state index in [0.29, 0.717) is 36.7 Å². The first-order chi connectivity index (χ1) is 18.7. The van der Waals surface area contributed by atoms with Gasteiger partial charge in [0.15, 0.2) is 0 Å². The van der Waals surface area contributed by atoms with Crippen LogP contribution < -0.4 is 15.5 Å². The molecule has 0 fully saturated rings. The second-order valence-corrected chi connectivity index (χ2v) is 9.92. The largest absolute Gasteiger partial charge is 0.416 e. The SMILES string of the molecule is Cc1cccc(CNC(=O)c2ccc(-c3cnc4c(c3)N(Cc3cc(Cl)ccc3C(F)(F)F)CCN4)cc2)c1. The number of fused-ring (bicyclic) bond motifs is 1. The minimum atomic E-state index is -4.48. The Hall–Kier alpha value is -4.04. The topological polar surface area (TPSA) is 57.3 Å². The molecule has 2 N–H and O–H groups in total. The standard InChI is InChI=1S/C30H26ClF3N4O/c1-19-3-2-4-20(13-19)16-37-29(39)22-7-5-21(6-8-22)23-15-27-28(36-17-23)35-11-12-38(27)18-24-14-25(31)9-10-26(24)30(32,33)34/h2-10,13-15,17H,11-12,16,18H2,1H3,(H,35,36)(H,37,39). The minimum absolute atomic E-state index is 0.0370. The molecule has 1 amide bonds. The number of nitrogens with zero attached hydrogens (tertiary/aromatic N) is 2. The van der Waals surface area contributed by atoms with E-state index in [4.69, 9.17) is 11.6 Å². The van der Waals surface area contributed by atoms with E-state index in [-0.39, 0.29) is 23.0 Å². The fourth-order valence-corrected chi connectivity index (χ4v) is 4.87. The third-order valence-electron chi connectivity index (χ3n) is 6.63. The van der Waals surface area contributed by atoms with Gasteiger partial charge in [0.25, 0.3) is 5.91 Å². The number of carbonyl (C=O) groups excluding carboxylic acids is 1. The average molecular weight is 551 g/mol. The van der Waals surface area contributed by atoms with Crippen LogP contribution in [0.3, 0.4) is 0 Å². The summed E-state index contributed by atoms with van der Waals surface area (Å²) < 4.78 is 40.9. The Kier molecular flexibility index (Phi) is 7.48. The molecule has 0 radical (unpaired) electrons. The maximum atomic E-state index is 13.6. The Bertz CT molecular complexity index is 1510. The van der Waals surface area contributed by atoms with E-state index < -0.39 is 11.7 Å². The van der Waals surface area contributed by atoms with Crippen molar-refractivity contribution in [3.05, 3.63) is 112 Å². The molecule has 1 aliphatic rings. The molecule has 0 bridgehead atoms. The molecule has 4 aromatic rings. The molecule has 0 atom stereocenters. The molecule has 3 aromatic carbocycles. The first-order valence-corrected chi connectivity index (χ1v) is 12.8. The lowest BCUT2D eigenvalue weighted by molar-refractivity contribution is -0.138. The molecule has 0 unspecified atom stereocenters. The fourth-order valence-electron chi connectivity index (χ4n) is 4.68. The van der Waals surface area contributed by atoms with Crippen molar-refractivity contribution in [2.75, 3.05) is 23.3 Å². The number of aromatic nitrogens is 1. The molecule has 1 aromatic heterocycles. The van der Waals surface area contributed by atoms with E-state index in [9.17, 15) is 18.0 Å². The lowest BCUT2D eigenvalue weighted by Gasteiger charge is -2.32. The molecular weight excluding hydrogens is 525 g/mol. The van der Waals surface area contributed by atoms with Crippen molar-refractivity contribution in [3.63, 3.8) is 0 Å². The highest BCUT2D eigenvalue weighted by Crippen LogP contribution is 2.37. The fraction of sp³-hybridized carbons (Fsp3) is 0.200. The highest BCUT2D eigenvalue weighted by atomic mass is 35.5. The quantitative estimate of drug-likeness (QED) is 0.269. The van der Waals surface area contributed by atoms with E-state index >= 15 is 0 Å². The van der Waals surface area contributed by atoms with Gasteiger partial charge in [-0.25, -0.2) is 4.98 Å². The van der Waals surface area contributed by atoms with Gasteiger partial charge in [-0.3, -0.25) is 4.79 Å². The second-order valence-electron chi connectivity index (χ2n) is 9.49. The summed E-state index contributed by atoms with van der Waals surface area (Å²) >= 11 is 6.04. The molecule has 0 saturated carbocycles. The molecule has 0 spiro atoms. The van der Waals surface area contributed by atoms with Crippen molar-refractivity contribution in [2.24, 2.45) is 0 Å². The number of hydrogen-bond acceptors (Lipinski definition) is 4. The van der Waals surface area contributed by atoms with Gasteiger partial charge in [-0.05, 0) is 60.0 Å². The van der Waals surface area contributed by atoms with Crippen LogP contribution in [0.1, 0.15) is 32.6 Å². The molecular formula is C30H26ClF3N4O. The van der Waals surface area contributed by atoms with Crippen LogP contribution in [-0.2, 0) is 19.3 Å². The number of nitrogens with one attached hydrogen (secondary N) is 2. The number of alkyl halides is 3. The summed E-state index contributed by atoms with van der Waals surface area (Å²) in [6, 6.07) is 20.7. The maximum absolute atomic E-state index is 13.6. The van der Waals surface area contributed by atoms with Gasteiger partial charge in [0, 0.05) is 48.5 Å². The van der Waals surface area contributed by atoms with E-state index in [1.807, 2.05) is 54.3 Å². The highest BCUT2D eigenvalue weighted by Gasteiger charge is 2.34. The van der Waals surface area contributed by atoms with Crippen LogP contribution in [0.25, 0.3) is 11.1 Å². The number of hydrogen-bond donors (Lipinski definition) is 2. The zero-order valence-electron chi connectivity index (χ0n) is 21.1. The van der Waals surface area contributed by atoms with Crippen LogP contribution in [0.4, 0.5) is 24.7 Å². The van der Waals surface area contributed by atoms with Crippen LogP contribution in [0.15, 0.2) is 79.0 Å². The van der Waals surface area contributed by atoms with Crippen LogP contribution in [0.5, 0.6) is 0 Å². The molecule has 2 heterocycles. The summed E-state index contributed by atoms with van der Waals surface area (Å²) in [7, 11) is 0. The van der Waals surface area contributed by atoms with Gasteiger partial charge >= 0.3 is 6.18 Å². The number of carbonyl (C=O) groups is 1. The Morgan fingerprint density at radius 2 is 1.85 bits per heavy atom. The first kappa shape index (κ1) is 26.6. The van der Waals surface area contributed by atoms with Crippen LogP contribution in [-0.4, -0.2) is 24.0 Å². The first-order valence-electron chi connectivity index (χ1n) is 12.5. The second kappa shape index (κ2) is 11.0. The predicted octanol–water partition coefficient (Wildman–Crippen LogP) is 7.09. The van der Waals surface area contributed by atoms with Gasteiger partial charge < -0.3 is 15.5 Å². The van der Waals surface area contributed by atoms with Crippen molar-refractivity contribution < 1.29 is 18.0 Å². The Morgan fingerprint density at radius 3 is 2.59 bits per heavy atom. The molecule has 5 rings (SSSR count). The monoisotopic (exact) mass is 550 g/mol. The maximum Gasteiger partial charge on any atom is 0.416 e. The van der Waals surface area contributed by atoms with Crippen molar-refractivity contribution in [1.29, 1.82) is 0 Å². The number of pyridine rings is 1. The predicted molar refractivity (Wildman–Crippen MR) is 148 cm³/mol. The summed E-state index contributed by atoms with van der Waals surface area (Å²) in [5.41, 5.74) is 4.42. The molecule has 5 nitrogen and oxygen atoms in total. The number of amides is 1. The van der Waals surface area contributed by atoms with E-state index in [2.05, 4.69) is 15.6 Å². The highest BCUT2D eigenvalue weighted by molar-refractivity contribution is 6.30. The molecule has 9 heteroatoms.